The molecular weight excluding hydrogens is 268 g/mol. The predicted molar refractivity (Wildman–Crippen MR) is 71.9 cm³/mol. The summed E-state index contributed by atoms with van der Waals surface area (Å²) in [5, 5.41) is 11.0. The Morgan fingerprint density at radius 3 is 2.55 bits per heavy atom. The highest BCUT2D eigenvalue weighted by Crippen LogP contribution is 2.32. The number of alkyl halides is 2. The van der Waals surface area contributed by atoms with Crippen LogP contribution in [0.2, 0.25) is 0 Å². The van der Waals surface area contributed by atoms with Crippen molar-refractivity contribution >= 4 is 11.8 Å². The van der Waals surface area contributed by atoms with Gasteiger partial charge in [-0.15, -0.1) is 0 Å². The summed E-state index contributed by atoms with van der Waals surface area (Å²) < 4.78 is 32.3. The molecule has 0 radical (unpaired) electrons. The van der Waals surface area contributed by atoms with Gasteiger partial charge in [0.2, 0.25) is 0 Å². The molecule has 1 aromatic rings. The Hall–Kier alpha value is -1.69. The fourth-order valence-corrected chi connectivity index (χ4v) is 1.53. The van der Waals surface area contributed by atoms with Gasteiger partial charge in [-0.25, -0.2) is 13.6 Å². The summed E-state index contributed by atoms with van der Waals surface area (Å²) in [4.78, 5) is 11.6. The van der Waals surface area contributed by atoms with E-state index in [9.17, 15) is 13.6 Å². The number of carbonyl (C=O) groups excluding carboxylic acids is 1. The number of hydrogen-bond acceptors (Lipinski definition) is 3. The van der Waals surface area contributed by atoms with Crippen molar-refractivity contribution in [1.82, 2.24) is 0 Å². The summed E-state index contributed by atoms with van der Waals surface area (Å²) in [6.45, 7) is 4.51. The Bertz CT molecular complexity index is 470. The maximum absolute atomic E-state index is 13.6. The second-order valence-corrected chi connectivity index (χ2v) is 5.39. The number of nitrogens with one attached hydrogen (secondary N) is 1. The van der Waals surface area contributed by atoms with Crippen molar-refractivity contribution < 1.29 is 23.4 Å². The summed E-state index contributed by atoms with van der Waals surface area (Å²) in [7, 11) is 0. The number of benzene rings is 1. The lowest BCUT2D eigenvalue weighted by Crippen LogP contribution is -2.27. The molecule has 0 aromatic heterocycles. The number of aliphatic hydroxyl groups is 1. The van der Waals surface area contributed by atoms with Crippen molar-refractivity contribution in [3.05, 3.63) is 29.8 Å². The maximum Gasteiger partial charge on any atom is 0.412 e. The third kappa shape index (κ3) is 5.13. The summed E-state index contributed by atoms with van der Waals surface area (Å²) in [5.41, 5.74) is -0.711. The molecule has 0 fully saturated rings. The van der Waals surface area contributed by atoms with Crippen LogP contribution in [0.4, 0.5) is 19.3 Å². The van der Waals surface area contributed by atoms with Crippen LogP contribution in [0.25, 0.3) is 0 Å². The Balaban J connectivity index is 2.81. The molecule has 1 rings (SSSR count). The van der Waals surface area contributed by atoms with Crippen LogP contribution < -0.4 is 5.32 Å². The quantitative estimate of drug-likeness (QED) is 0.891. The van der Waals surface area contributed by atoms with Gasteiger partial charge in [-0.3, -0.25) is 5.32 Å². The number of halogens is 2. The first-order valence-corrected chi connectivity index (χ1v) is 6.23. The lowest BCUT2D eigenvalue weighted by molar-refractivity contribution is -0.0269. The second kappa shape index (κ2) is 6.17. The molecule has 2 N–H and O–H groups in total. The summed E-state index contributed by atoms with van der Waals surface area (Å²) >= 11 is 0. The minimum Gasteiger partial charge on any atom is -0.444 e. The Labute approximate surface area is 116 Å². The number of hydrogen-bond donors (Lipinski definition) is 2. The Kier molecular flexibility index (Phi) is 5.05. The predicted octanol–water partition coefficient (Wildman–Crippen LogP) is 3.51. The number of anilines is 1. The van der Waals surface area contributed by atoms with Crippen LogP contribution in [0.5, 0.6) is 0 Å². The third-order valence-corrected chi connectivity index (χ3v) is 2.36. The van der Waals surface area contributed by atoms with Crippen LogP contribution in [0, 0.1) is 0 Å². The summed E-state index contributed by atoms with van der Waals surface area (Å²) in [5.74, 6) is -3.14. The van der Waals surface area contributed by atoms with E-state index >= 15 is 0 Å². The molecular formula is C14H19F2NO3. The fraction of sp³-hybridized carbons (Fsp3) is 0.500. The van der Waals surface area contributed by atoms with Crippen molar-refractivity contribution in [3.8, 4) is 0 Å². The third-order valence-electron chi connectivity index (χ3n) is 2.36. The summed E-state index contributed by atoms with van der Waals surface area (Å²) in [6.07, 6.45) is -1.37. The van der Waals surface area contributed by atoms with Gasteiger partial charge >= 0.3 is 6.09 Å². The number of carbonyl (C=O) groups is 1. The van der Waals surface area contributed by atoms with Gasteiger partial charge in [0.1, 0.15) is 5.60 Å². The molecule has 0 aliphatic rings. The van der Waals surface area contributed by atoms with Crippen LogP contribution >= 0.6 is 0 Å². The fourth-order valence-electron chi connectivity index (χ4n) is 1.53. The second-order valence-electron chi connectivity index (χ2n) is 5.39. The standard InChI is InChI=1S/C14H19F2NO3/c1-13(2,3)20-12(19)17-11-6-4-5-10(9-11)14(15,16)7-8-18/h4-6,9,18H,7-8H2,1-3H3,(H,17,19). The molecule has 1 amide bonds. The van der Waals surface area contributed by atoms with Gasteiger partial charge < -0.3 is 9.84 Å². The van der Waals surface area contributed by atoms with E-state index in [1.807, 2.05) is 0 Å². The zero-order valence-corrected chi connectivity index (χ0v) is 11.7. The molecule has 4 nitrogen and oxygen atoms in total. The van der Waals surface area contributed by atoms with E-state index in [1.54, 1.807) is 20.8 Å². The smallest absolute Gasteiger partial charge is 0.412 e. The zero-order valence-electron chi connectivity index (χ0n) is 11.7. The molecule has 6 heteroatoms. The molecule has 0 bridgehead atoms. The number of ether oxygens (including phenoxy) is 1. The minimum atomic E-state index is -3.14. The molecule has 1 aromatic carbocycles. The highest BCUT2D eigenvalue weighted by atomic mass is 19.3. The number of amides is 1. The normalized spacial score (nSPS) is 12.1. The van der Waals surface area contributed by atoms with Gasteiger partial charge in [0, 0.05) is 24.3 Å². The molecule has 0 saturated carbocycles. The average Bonchev–Trinajstić information content (AvgIpc) is 2.26. The Morgan fingerprint density at radius 1 is 1.35 bits per heavy atom. The van der Waals surface area contributed by atoms with Crippen molar-refractivity contribution in [3.63, 3.8) is 0 Å². The van der Waals surface area contributed by atoms with Gasteiger partial charge in [0.05, 0.1) is 0 Å². The number of rotatable bonds is 4. The molecule has 0 aliphatic heterocycles. The monoisotopic (exact) mass is 287 g/mol. The van der Waals surface area contributed by atoms with E-state index in [0.29, 0.717) is 0 Å². The van der Waals surface area contributed by atoms with E-state index in [0.717, 1.165) is 0 Å². The van der Waals surface area contributed by atoms with E-state index in [2.05, 4.69) is 5.32 Å². The van der Waals surface area contributed by atoms with Crippen molar-refractivity contribution in [2.24, 2.45) is 0 Å². The maximum atomic E-state index is 13.6. The minimum absolute atomic E-state index is 0.217. The van der Waals surface area contributed by atoms with Crippen LogP contribution in [0.3, 0.4) is 0 Å². The lowest BCUT2D eigenvalue weighted by atomic mass is 10.1. The molecule has 0 aliphatic carbocycles. The van der Waals surface area contributed by atoms with Gasteiger partial charge in [0.15, 0.2) is 0 Å². The lowest BCUT2D eigenvalue weighted by Gasteiger charge is -2.20. The van der Waals surface area contributed by atoms with Crippen LogP contribution in [0.15, 0.2) is 24.3 Å². The van der Waals surface area contributed by atoms with Crippen LogP contribution in [-0.2, 0) is 10.7 Å². The SMILES string of the molecule is CC(C)(C)OC(=O)Nc1cccc(C(F)(F)CCO)c1. The highest BCUT2D eigenvalue weighted by molar-refractivity contribution is 5.84. The van der Waals surface area contributed by atoms with E-state index in [1.165, 1.54) is 24.3 Å². The van der Waals surface area contributed by atoms with Crippen LogP contribution in [0.1, 0.15) is 32.8 Å². The van der Waals surface area contributed by atoms with Gasteiger partial charge in [0.25, 0.3) is 5.92 Å². The molecule has 0 unspecified atom stereocenters. The molecule has 112 valence electrons. The Morgan fingerprint density at radius 2 is 2.00 bits per heavy atom. The van der Waals surface area contributed by atoms with Gasteiger partial charge in [-0.2, -0.15) is 0 Å². The van der Waals surface area contributed by atoms with Crippen molar-refractivity contribution in [1.29, 1.82) is 0 Å². The van der Waals surface area contributed by atoms with E-state index in [4.69, 9.17) is 9.84 Å². The number of aliphatic hydroxyl groups excluding tert-OH is 1. The van der Waals surface area contributed by atoms with Crippen LogP contribution in [-0.4, -0.2) is 23.4 Å². The van der Waals surface area contributed by atoms with Gasteiger partial charge in [-0.1, -0.05) is 12.1 Å². The molecule has 0 heterocycles. The largest absolute Gasteiger partial charge is 0.444 e. The first-order chi connectivity index (χ1) is 9.14. The van der Waals surface area contributed by atoms with Crippen molar-refractivity contribution in [2.45, 2.75) is 38.7 Å². The molecule has 0 atom stereocenters. The highest BCUT2D eigenvalue weighted by Gasteiger charge is 2.31. The first kappa shape index (κ1) is 16.4. The zero-order chi connectivity index (χ0) is 15.4. The molecule has 20 heavy (non-hydrogen) atoms. The topological polar surface area (TPSA) is 58.6 Å². The van der Waals surface area contributed by atoms with E-state index < -0.39 is 30.6 Å². The van der Waals surface area contributed by atoms with Crippen molar-refractivity contribution in [2.75, 3.05) is 11.9 Å². The molecule has 0 saturated heterocycles. The summed E-state index contributed by atoms with van der Waals surface area (Å²) in [6, 6.07) is 5.31. The molecule has 0 spiro atoms. The first-order valence-electron chi connectivity index (χ1n) is 6.23. The van der Waals surface area contributed by atoms with Gasteiger partial charge in [-0.05, 0) is 32.9 Å². The van der Waals surface area contributed by atoms with E-state index in [-0.39, 0.29) is 11.3 Å². The average molecular weight is 287 g/mol.